The summed E-state index contributed by atoms with van der Waals surface area (Å²) >= 11 is 0. The molecule has 1 aliphatic heterocycles. The Balaban J connectivity index is 1.94. The lowest BCUT2D eigenvalue weighted by atomic mass is 10.0. The maximum Gasteiger partial charge on any atom is 0.337 e. The van der Waals surface area contributed by atoms with E-state index in [1.165, 1.54) is 13.2 Å². The molecule has 0 bridgehead atoms. The monoisotopic (exact) mass is 340 g/mol. The summed E-state index contributed by atoms with van der Waals surface area (Å²) in [6.07, 6.45) is 1.54. The van der Waals surface area contributed by atoms with Gasteiger partial charge in [-0.05, 0) is 41.5 Å². The standard InChI is InChI=1S/C19H16O6/c1-23-19(22)13-4-2-12(3-5-13)10-15(18(20)21)14-6-7-16-17(11-14)25-9-8-24-16/h2-7,10-11H,8-9H2,1H3,(H,20,21)/b15-10-. The summed E-state index contributed by atoms with van der Waals surface area (Å²) in [4.78, 5) is 23.1. The van der Waals surface area contributed by atoms with Crippen molar-refractivity contribution < 1.29 is 28.9 Å². The van der Waals surface area contributed by atoms with E-state index in [2.05, 4.69) is 4.74 Å². The topological polar surface area (TPSA) is 82.1 Å². The van der Waals surface area contributed by atoms with E-state index in [9.17, 15) is 14.7 Å². The van der Waals surface area contributed by atoms with Gasteiger partial charge in [-0.25, -0.2) is 9.59 Å². The number of carbonyl (C=O) groups excluding carboxylic acids is 1. The third-order valence-corrected chi connectivity index (χ3v) is 3.73. The van der Waals surface area contributed by atoms with Crippen LogP contribution in [0.1, 0.15) is 21.5 Å². The van der Waals surface area contributed by atoms with E-state index in [0.29, 0.717) is 41.4 Å². The third kappa shape index (κ3) is 3.63. The first kappa shape index (κ1) is 16.6. The van der Waals surface area contributed by atoms with Crippen molar-refractivity contribution in [3.63, 3.8) is 0 Å². The van der Waals surface area contributed by atoms with Crippen molar-refractivity contribution in [3.05, 3.63) is 59.2 Å². The van der Waals surface area contributed by atoms with Gasteiger partial charge in [0.05, 0.1) is 18.2 Å². The summed E-state index contributed by atoms with van der Waals surface area (Å²) in [6, 6.07) is 11.5. The molecule has 6 nitrogen and oxygen atoms in total. The predicted molar refractivity (Wildman–Crippen MR) is 90.7 cm³/mol. The molecule has 1 aliphatic rings. The number of hydrogen-bond donors (Lipinski definition) is 1. The molecule has 0 amide bonds. The molecular weight excluding hydrogens is 324 g/mol. The number of carbonyl (C=O) groups is 2. The van der Waals surface area contributed by atoms with Gasteiger partial charge in [0.2, 0.25) is 0 Å². The van der Waals surface area contributed by atoms with Crippen LogP contribution in [0.3, 0.4) is 0 Å². The van der Waals surface area contributed by atoms with Gasteiger partial charge in [-0.2, -0.15) is 0 Å². The van der Waals surface area contributed by atoms with E-state index in [4.69, 9.17) is 9.47 Å². The van der Waals surface area contributed by atoms with Gasteiger partial charge >= 0.3 is 11.9 Å². The van der Waals surface area contributed by atoms with Crippen molar-refractivity contribution in [2.24, 2.45) is 0 Å². The van der Waals surface area contributed by atoms with E-state index in [-0.39, 0.29) is 5.57 Å². The van der Waals surface area contributed by atoms with Crippen molar-refractivity contribution in [2.75, 3.05) is 20.3 Å². The van der Waals surface area contributed by atoms with Crippen LogP contribution in [0, 0.1) is 0 Å². The maximum atomic E-state index is 11.7. The largest absolute Gasteiger partial charge is 0.486 e. The van der Waals surface area contributed by atoms with E-state index in [1.807, 2.05) is 0 Å². The number of carboxylic acid groups (broad SMARTS) is 1. The van der Waals surface area contributed by atoms with Crippen molar-refractivity contribution in [1.82, 2.24) is 0 Å². The molecule has 0 aliphatic carbocycles. The molecular formula is C19H16O6. The molecule has 0 radical (unpaired) electrons. The number of ether oxygens (including phenoxy) is 3. The Hall–Kier alpha value is -3.28. The first-order valence-electron chi connectivity index (χ1n) is 7.62. The number of methoxy groups -OCH3 is 1. The lowest BCUT2D eigenvalue weighted by molar-refractivity contribution is -0.130. The second-order valence-corrected chi connectivity index (χ2v) is 5.34. The van der Waals surface area contributed by atoms with Crippen LogP contribution in [0.2, 0.25) is 0 Å². The van der Waals surface area contributed by atoms with Gasteiger partial charge in [-0.15, -0.1) is 0 Å². The van der Waals surface area contributed by atoms with Crippen LogP contribution in [0.4, 0.5) is 0 Å². The molecule has 0 saturated heterocycles. The highest BCUT2D eigenvalue weighted by atomic mass is 16.6. The molecule has 0 atom stereocenters. The Kier molecular flexibility index (Phi) is 4.70. The molecule has 1 N–H and O–H groups in total. The van der Waals surface area contributed by atoms with Crippen LogP contribution in [-0.4, -0.2) is 37.4 Å². The molecule has 3 rings (SSSR count). The lowest BCUT2D eigenvalue weighted by Gasteiger charge is -2.19. The normalized spacial score (nSPS) is 13.2. The first-order chi connectivity index (χ1) is 12.1. The van der Waals surface area contributed by atoms with Crippen LogP contribution in [0.5, 0.6) is 11.5 Å². The quantitative estimate of drug-likeness (QED) is 0.523. The summed E-state index contributed by atoms with van der Waals surface area (Å²) in [6.45, 7) is 0.901. The fraction of sp³-hybridized carbons (Fsp3) is 0.158. The lowest BCUT2D eigenvalue weighted by Crippen LogP contribution is -2.15. The Labute approximate surface area is 144 Å². The molecule has 2 aromatic carbocycles. The average molecular weight is 340 g/mol. The Morgan fingerprint density at radius 3 is 2.28 bits per heavy atom. The first-order valence-corrected chi connectivity index (χ1v) is 7.62. The van der Waals surface area contributed by atoms with Crippen molar-refractivity contribution in [2.45, 2.75) is 0 Å². The third-order valence-electron chi connectivity index (χ3n) is 3.73. The number of esters is 1. The van der Waals surface area contributed by atoms with Crippen LogP contribution in [-0.2, 0) is 9.53 Å². The predicted octanol–water partition coefficient (Wildman–Crippen LogP) is 2.87. The molecule has 0 spiro atoms. The number of fused-ring (bicyclic) bond motifs is 1. The highest BCUT2D eigenvalue weighted by molar-refractivity contribution is 6.20. The highest BCUT2D eigenvalue weighted by Gasteiger charge is 2.17. The van der Waals surface area contributed by atoms with E-state index in [1.54, 1.807) is 42.5 Å². The van der Waals surface area contributed by atoms with E-state index >= 15 is 0 Å². The number of rotatable bonds is 4. The minimum absolute atomic E-state index is 0.114. The summed E-state index contributed by atoms with van der Waals surface area (Å²) < 4.78 is 15.6. The number of hydrogen-bond acceptors (Lipinski definition) is 5. The molecule has 0 saturated carbocycles. The van der Waals surface area contributed by atoms with E-state index < -0.39 is 11.9 Å². The number of benzene rings is 2. The molecule has 128 valence electrons. The summed E-state index contributed by atoms with van der Waals surface area (Å²) in [5.74, 6) is -0.381. The SMILES string of the molecule is COC(=O)c1ccc(/C=C(\C(=O)O)c2ccc3c(c2)OCCO3)cc1. The Bertz CT molecular complexity index is 835. The van der Waals surface area contributed by atoms with Gasteiger partial charge in [0.25, 0.3) is 0 Å². The van der Waals surface area contributed by atoms with Gasteiger partial charge in [0.1, 0.15) is 13.2 Å². The number of aliphatic carboxylic acids is 1. The molecule has 0 aromatic heterocycles. The van der Waals surface area contributed by atoms with Crippen molar-refractivity contribution in [1.29, 1.82) is 0 Å². The molecule has 2 aromatic rings. The van der Waals surface area contributed by atoms with Gasteiger partial charge < -0.3 is 19.3 Å². The fourth-order valence-corrected chi connectivity index (χ4v) is 2.48. The van der Waals surface area contributed by atoms with Crippen LogP contribution < -0.4 is 9.47 Å². The van der Waals surface area contributed by atoms with Crippen LogP contribution >= 0.6 is 0 Å². The van der Waals surface area contributed by atoms with Crippen molar-refractivity contribution >= 4 is 23.6 Å². The Morgan fingerprint density at radius 2 is 1.64 bits per heavy atom. The van der Waals surface area contributed by atoms with Crippen LogP contribution in [0.25, 0.3) is 11.6 Å². The number of carboxylic acids is 1. The fourth-order valence-electron chi connectivity index (χ4n) is 2.48. The maximum absolute atomic E-state index is 11.7. The van der Waals surface area contributed by atoms with Crippen LogP contribution in [0.15, 0.2) is 42.5 Å². The minimum atomic E-state index is -1.06. The summed E-state index contributed by atoms with van der Waals surface area (Å²) in [5.41, 5.74) is 1.67. The zero-order valence-corrected chi connectivity index (χ0v) is 13.5. The molecule has 1 heterocycles. The van der Waals surface area contributed by atoms with E-state index in [0.717, 1.165) is 0 Å². The highest BCUT2D eigenvalue weighted by Crippen LogP contribution is 2.33. The van der Waals surface area contributed by atoms with Gasteiger partial charge in [-0.1, -0.05) is 18.2 Å². The zero-order chi connectivity index (χ0) is 17.8. The molecule has 6 heteroatoms. The van der Waals surface area contributed by atoms with Gasteiger partial charge in [0.15, 0.2) is 11.5 Å². The molecule has 0 fully saturated rings. The van der Waals surface area contributed by atoms with Gasteiger partial charge in [-0.3, -0.25) is 0 Å². The Morgan fingerprint density at radius 1 is 1.00 bits per heavy atom. The van der Waals surface area contributed by atoms with Crippen molar-refractivity contribution in [3.8, 4) is 11.5 Å². The minimum Gasteiger partial charge on any atom is -0.486 e. The smallest absolute Gasteiger partial charge is 0.337 e. The second-order valence-electron chi connectivity index (χ2n) is 5.34. The van der Waals surface area contributed by atoms with Gasteiger partial charge in [0, 0.05) is 0 Å². The molecule has 0 unspecified atom stereocenters. The molecule has 25 heavy (non-hydrogen) atoms. The second kappa shape index (κ2) is 7.09. The average Bonchev–Trinajstić information content (AvgIpc) is 2.65. The summed E-state index contributed by atoms with van der Waals surface area (Å²) in [7, 11) is 1.31. The zero-order valence-electron chi connectivity index (χ0n) is 13.5. The summed E-state index contributed by atoms with van der Waals surface area (Å²) in [5, 5.41) is 9.56.